The van der Waals surface area contributed by atoms with E-state index in [0.29, 0.717) is 18.7 Å². The maximum absolute atomic E-state index is 12.5. The maximum atomic E-state index is 12.5. The van der Waals surface area contributed by atoms with Gasteiger partial charge in [-0.25, -0.2) is 13.8 Å². The highest BCUT2D eigenvalue weighted by Gasteiger charge is 2.27. The molecule has 1 heterocycles. The normalized spacial score (nSPS) is 18.6. The minimum Gasteiger partial charge on any atom is -0.267 e. The van der Waals surface area contributed by atoms with Crippen molar-refractivity contribution in [3.8, 4) is 0 Å². The molecule has 0 bridgehead atoms. The molecule has 0 radical (unpaired) electrons. The van der Waals surface area contributed by atoms with E-state index in [9.17, 15) is 13.2 Å². The number of fused-ring (bicyclic) bond motifs is 1. The molecular weight excluding hydrogens is 362 g/mol. The largest absolute Gasteiger partial charge is 0.271 e. The number of benzene rings is 2. The molecule has 0 saturated carbocycles. The second-order valence-corrected chi connectivity index (χ2v) is 8.73. The molecule has 27 heavy (non-hydrogen) atoms. The van der Waals surface area contributed by atoms with Gasteiger partial charge in [0.1, 0.15) is 0 Å². The molecule has 0 spiro atoms. The Bertz CT molecular complexity index is 991. The second-order valence-electron chi connectivity index (χ2n) is 6.79. The van der Waals surface area contributed by atoms with E-state index in [1.54, 1.807) is 0 Å². The number of aryl methyl sites for hydroxylation is 1. The minimum atomic E-state index is -3.47. The number of rotatable bonds is 4. The van der Waals surface area contributed by atoms with Crippen LogP contribution in [0.4, 0.5) is 0 Å². The Hall–Kier alpha value is -2.51. The Labute approximate surface area is 158 Å². The van der Waals surface area contributed by atoms with Crippen molar-refractivity contribution in [1.29, 1.82) is 0 Å². The topological polar surface area (TPSA) is 78.8 Å². The van der Waals surface area contributed by atoms with Gasteiger partial charge in [-0.15, -0.1) is 0 Å². The SMILES string of the molecule is O=C(N/N=C1/CCc2ccccc21)c1ccc(S(=O)(=O)N2CCCC2)cc1. The first-order chi connectivity index (χ1) is 13.1. The number of carbonyl (C=O) groups excluding carboxylic acids is 1. The summed E-state index contributed by atoms with van der Waals surface area (Å²) in [6, 6.07) is 14.1. The number of hydrogen-bond donors (Lipinski definition) is 1. The third-order valence-corrected chi connectivity index (χ3v) is 6.98. The van der Waals surface area contributed by atoms with Crippen molar-refractivity contribution in [3.63, 3.8) is 0 Å². The van der Waals surface area contributed by atoms with Crippen LogP contribution in [0, 0.1) is 0 Å². The predicted molar refractivity (Wildman–Crippen MR) is 103 cm³/mol. The smallest absolute Gasteiger partial charge is 0.267 e. The quantitative estimate of drug-likeness (QED) is 0.824. The lowest BCUT2D eigenvalue weighted by molar-refractivity contribution is 0.0954. The van der Waals surface area contributed by atoms with Gasteiger partial charge in [-0.3, -0.25) is 4.79 Å². The zero-order valence-electron chi connectivity index (χ0n) is 14.9. The number of amides is 1. The molecule has 0 unspecified atom stereocenters. The highest BCUT2D eigenvalue weighted by atomic mass is 32.2. The maximum Gasteiger partial charge on any atom is 0.271 e. The average molecular weight is 383 g/mol. The van der Waals surface area contributed by atoms with Crippen molar-refractivity contribution in [2.24, 2.45) is 5.10 Å². The zero-order chi connectivity index (χ0) is 18.9. The van der Waals surface area contributed by atoms with Crippen LogP contribution in [0.25, 0.3) is 0 Å². The van der Waals surface area contributed by atoms with Crippen LogP contribution < -0.4 is 5.43 Å². The lowest BCUT2D eigenvalue weighted by Crippen LogP contribution is -2.28. The van der Waals surface area contributed by atoms with Gasteiger partial charge in [0.05, 0.1) is 10.6 Å². The van der Waals surface area contributed by atoms with E-state index in [2.05, 4.69) is 16.6 Å². The Morgan fingerprint density at radius 3 is 2.41 bits per heavy atom. The summed E-state index contributed by atoms with van der Waals surface area (Å²) < 4.78 is 26.6. The van der Waals surface area contributed by atoms with Crippen LogP contribution in [0.2, 0.25) is 0 Å². The van der Waals surface area contributed by atoms with Gasteiger partial charge in [-0.1, -0.05) is 24.3 Å². The standard InChI is InChI=1S/C20H21N3O3S/c24-20(22-21-19-12-9-15-5-1-2-6-18(15)19)16-7-10-17(11-8-16)27(25,26)23-13-3-4-14-23/h1-2,5-8,10-11H,3-4,9,12-14H2,(H,22,24)/b21-19-. The number of carbonyl (C=O) groups is 1. The van der Waals surface area contributed by atoms with Crippen molar-refractivity contribution in [2.75, 3.05) is 13.1 Å². The molecule has 2 aromatic rings. The molecule has 1 aliphatic heterocycles. The van der Waals surface area contributed by atoms with Gasteiger partial charge in [0.15, 0.2) is 0 Å². The molecule has 1 saturated heterocycles. The third kappa shape index (κ3) is 3.52. The summed E-state index contributed by atoms with van der Waals surface area (Å²) in [6.07, 6.45) is 3.51. The zero-order valence-corrected chi connectivity index (χ0v) is 15.7. The second kappa shape index (κ2) is 7.25. The highest BCUT2D eigenvalue weighted by Crippen LogP contribution is 2.22. The molecule has 6 nitrogen and oxygen atoms in total. The Kier molecular flexibility index (Phi) is 4.80. The number of nitrogens with zero attached hydrogens (tertiary/aromatic N) is 2. The first-order valence-corrected chi connectivity index (χ1v) is 10.5. The molecule has 140 valence electrons. The average Bonchev–Trinajstić information content (AvgIpc) is 3.37. The molecule has 1 N–H and O–H groups in total. The highest BCUT2D eigenvalue weighted by molar-refractivity contribution is 7.89. The monoisotopic (exact) mass is 383 g/mol. The number of nitrogens with one attached hydrogen (secondary N) is 1. The van der Waals surface area contributed by atoms with Crippen molar-refractivity contribution in [2.45, 2.75) is 30.6 Å². The molecule has 0 aromatic heterocycles. The Morgan fingerprint density at radius 1 is 0.963 bits per heavy atom. The van der Waals surface area contributed by atoms with Gasteiger partial charge >= 0.3 is 0 Å². The predicted octanol–water partition coefficient (Wildman–Crippen LogP) is 2.55. The molecule has 0 atom stereocenters. The lowest BCUT2D eigenvalue weighted by atomic mass is 10.1. The van der Waals surface area contributed by atoms with Gasteiger partial charge < -0.3 is 0 Å². The van der Waals surface area contributed by atoms with E-state index in [1.165, 1.54) is 34.1 Å². The van der Waals surface area contributed by atoms with Crippen molar-refractivity contribution in [1.82, 2.24) is 9.73 Å². The minimum absolute atomic E-state index is 0.219. The number of hydrazone groups is 1. The summed E-state index contributed by atoms with van der Waals surface area (Å²) in [4.78, 5) is 12.6. The van der Waals surface area contributed by atoms with E-state index in [1.807, 2.05) is 18.2 Å². The molecule has 4 rings (SSSR count). The van der Waals surface area contributed by atoms with Crippen LogP contribution in [0.1, 0.15) is 40.7 Å². The Morgan fingerprint density at radius 2 is 1.67 bits per heavy atom. The number of hydrogen-bond acceptors (Lipinski definition) is 4. The van der Waals surface area contributed by atoms with Crippen LogP contribution in [0.15, 0.2) is 58.5 Å². The van der Waals surface area contributed by atoms with Crippen LogP contribution >= 0.6 is 0 Å². The van der Waals surface area contributed by atoms with E-state index < -0.39 is 10.0 Å². The van der Waals surface area contributed by atoms with E-state index in [4.69, 9.17) is 0 Å². The summed E-state index contributed by atoms with van der Waals surface area (Å²) in [7, 11) is -3.47. The first kappa shape index (κ1) is 17.9. The summed E-state index contributed by atoms with van der Waals surface area (Å²) in [5.74, 6) is -0.350. The van der Waals surface area contributed by atoms with Gasteiger partial charge in [-0.05, 0) is 55.5 Å². The van der Waals surface area contributed by atoms with Crippen LogP contribution in [0.3, 0.4) is 0 Å². The molecular formula is C20H21N3O3S. The van der Waals surface area contributed by atoms with Gasteiger partial charge in [-0.2, -0.15) is 9.41 Å². The molecule has 1 fully saturated rings. The molecule has 7 heteroatoms. The fourth-order valence-corrected chi connectivity index (χ4v) is 5.08. The van der Waals surface area contributed by atoms with Crippen LogP contribution in [-0.2, 0) is 16.4 Å². The van der Waals surface area contributed by atoms with E-state index in [-0.39, 0.29) is 10.8 Å². The summed E-state index contributed by atoms with van der Waals surface area (Å²) >= 11 is 0. The first-order valence-electron chi connectivity index (χ1n) is 9.11. The summed E-state index contributed by atoms with van der Waals surface area (Å²) in [6.45, 7) is 1.12. The molecule has 1 aliphatic carbocycles. The summed E-state index contributed by atoms with van der Waals surface area (Å²) in [5, 5.41) is 4.27. The van der Waals surface area contributed by atoms with Crippen molar-refractivity contribution >= 4 is 21.6 Å². The molecule has 1 amide bonds. The van der Waals surface area contributed by atoms with Crippen LogP contribution in [0.5, 0.6) is 0 Å². The van der Waals surface area contributed by atoms with E-state index >= 15 is 0 Å². The van der Waals surface area contributed by atoms with Crippen molar-refractivity contribution < 1.29 is 13.2 Å². The van der Waals surface area contributed by atoms with Crippen molar-refractivity contribution in [3.05, 3.63) is 65.2 Å². The van der Waals surface area contributed by atoms with Crippen LogP contribution in [-0.4, -0.2) is 37.4 Å². The van der Waals surface area contributed by atoms with Gasteiger partial charge in [0.2, 0.25) is 10.0 Å². The molecule has 2 aliphatic rings. The lowest BCUT2D eigenvalue weighted by Gasteiger charge is -2.15. The molecule has 2 aromatic carbocycles. The third-order valence-electron chi connectivity index (χ3n) is 5.07. The number of sulfonamides is 1. The fraction of sp³-hybridized carbons (Fsp3) is 0.300. The Balaban J connectivity index is 1.46. The van der Waals surface area contributed by atoms with E-state index in [0.717, 1.165) is 37.0 Å². The fourth-order valence-electron chi connectivity index (χ4n) is 3.56. The summed E-state index contributed by atoms with van der Waals surface area (Å²) in [5.41, 5.74) is 6.14. The van der Waals surface area contributed by atoms with Gasteiger partial charge in [0, 0.05) is 24.2 Å². The van der Waals surface area contributed by atoms with Gasteiger partial charge in [0.25, 0.3) is 5.91 Å².